The van der Waals surface area contributed by atoms with Crippen molar-refractivity contribution in [3.05, 3.63) is 35.4 Å². The zero-order chi connectivity index (χ0) is 7.40. The van der Waals surface area contributed by atoms with Gasteiger partial charge in [0.1, 0.15) is 6.67 Å². The second kappa shape index (κ2) is 3.32. The summed E-state index contributed by atoms with van der Waals surface area (Å²) in [5.74, 6) is 0. The Morgan fingerprint density at radius 2 is 1.60 bits per heavy atom. The fraction of sp³-hybridized carbons (Fsp3) is 0.250. The topological polar surface area (TPSA) is 26.0 Å². The molecule has 0 bridgehead atoms. The van der Waals surface area contributed by atoms with Gasteiger partial charge in [0.25, 0.3) is 0 Å². The molecule has 0 saturated heterocycles. The van der Waals surface area contributed by atoms with Crippen LogP contribution in [-0.4, -0.2) is 0 Å². The minimum absolute atomic E-state index is 0.398. The summed E-state index contributed by atoms with van der Waals surface area (Å²) in [5.41, 5.74) is 7.09. The highest BCUT2D eigenvalue weighted by molar-refractivity contribution is 5.21. The summed E-state index contributed by atoms with van der Waals surface area (Å²) < 4.78 is 11.9. The molecule has 0 aliphatic heterocycles. The quantitative estimate of drug-likeness (QED) is 0.662. The lowest BCUT2D eigenvalue weighted by molar-refractivity contribution is 0.485. The Bertz CT molecular complexity index is 170. The molecule has 1 rings (SSSR count). The van der Waals surface area contributed by atoms with E-state index in [2.05, 4.69) is 0 Å². The van der Waals surface area contributed by atoms with Gasteiger partial charge in [-0.3, -0.25) is 0 Å². The van der Waals surface area contributed by atoms with Crippen molar-refractivity contribution in [1.82, 2.24) is 0 Å². The summed E-state index contributed by atoms with van der Waals surface area (Å²) >= 11 is 0. The number of hydrogen-bond acceptors (Lipinski definition) is 1. The lowest BCUT2D eigenvalue weighted by Crippen LogP contribution is -1.95. The number of rotatable bonds is 2. The average Bonchev–Trinajstić information content (AvgIpc) is 2.05. The van der Waals surface area contributed by atoms with E-state index in [4.69, 9.17) is 5.73 Å². The van der Waals surface area contributed by atoms with Gasteiger partial charge in [-0.2, -0.15) is 0 Å². The molecule has 1 nitrogen and oxygen atoms in total. The third kappa shape index (κ3) is 1.54. The molecule has 0 saturated carbocycles. The molecule has 10 heavy (non-hydrogen) atoms. The number of alkyl halides is 1. The molecular formula is C8H10FN. The van der Waals surface area contributed by atoms with E-state index in [1.54, 1.807) is 12.1 Å². The molecule has 0 fully saturated rings. The predicted molar refractivity (Wildman–Crippen MR) is 39.1 cm³/mol. The Hall–Kier alpha value is -0.890. The van der Waals surface area contributed by atoms with Crippen molar-refractivity contribution in [3.8, 4) is 0 Å². The minimum atomic E-state index is -0.398. The van der Waals surface area contributed by atoms with E-state index in [1.807, 2.05) is 12.1 Å². The first kappa shape index (κ1) is 7.22. The van der Waals surface area contributed by atoms with Crippen molar-refractivity contribution < 1.29 is 4.39 Å². The van der Waals surface area contributed by atoms with Crippen LogP contribution < -0.4 is 5.73 Å². The first-order valence-electron chi connectivity index (χ1n) is 3.20. The number of hydrogen-bond donors (Lipinski definition) is 1. The molecule has 0 heterocycles. The van der Waals surface area contributed by atoms with E-state index in [9.17, 15) is 4.39 Å². The molecule has 0 aliphatic rings. The summed E-state index contributed by atoms with van der Waals surface area (Å²) in [6, 6.07) is 7.19. The normalized spacial score (nSPS) is 9.80. The smallest absolute Gasteiger partial charge is 0.115 e. The highest BCUT2D eigenvalue weighted by atomic mass is 19.1. The number of nitrogens with two attached hydrogens (primary N) is 1. The molecule has 2 heteroatoms. The third-order valence-corrected chi connectivity index (χ3v) is 1.41. The Morgan fingerprint density at radius 3 is 2.00 bits per heavy atom. The van der Waals surface area contributed by atoms with Gasteiger partial charge in [-0.15, -0.1) is 0 Å². The van der Waals surface area contributed by atoms with Gasteiger partial charge in [0.2, 0.25) is 0 Å². The Balaban J connectivity index is 2.80. The van der Waals surface area contributed by atoms with Crippen molar-refractivity contribution in [3.63, 3.8) is 0 Å². The second-order valence-electron chi connectivity index (χ2n) is 2.15. The van der Waals surface area contributed by atoms with Crippen molar-refractivity contribution in [2.24, 2.45) is 5.73 Å². The third-order valence-electron chi connectivity index (χ3n) is 1.41. The average molecular weight is 139 g/mol. The van der Waals surface area contributed by atoms with Crippen molar-refractivity contribution in [2.45, 2.75) is 13.2 Å². The fourth-order valence-electron chi connectivity index (χ4n) is 0.764. The molecular weight excluding hydrogens is 129 g/mol. The van der Waals surface area contributed by atoms with Crippen LogP contribution in [0.4, 0.5) is 4.39 Å². The molecule has 0 aliphatic carbocycles. The Morgan fingerprint density at radius 1 is 1.10 bits per heavy atom. The highest BCUT2D eigenvalue weighted by Crippen LogP contribution is 2.04. The molecule has 0 spiro atoms. The number of benzene rings is 1. The van der Waals surface area contributed by atoms with E-state index in [0.717, 1.165) is 5.56 Å². The number of halogens is 1. The SMILES string of the molecule is NCc1ccc(CF)cc1. The summed E-state index contributed by atoms with van der Waals surface area (Å²) in [6.07, 6.45) is 0. The summed E-state index contributed by atoms with van der Waals surface area (Å²) in [6.45, 7) is 0.122. The summed E-state index contributed by atoms with van der Waals surface area (Å²) in [4.78, 5) is 0. The summed E-state index contributed by atoms with van der Waals surface area (Å²) in [7, 11) is 0. The van der Waals surface area contributed by atoms with Gasteiger partial charge < -0.3 is 5.73 Å². The first-order chi connectivity index (χ1) is 4.86. The lowest BCUT2D eigenvalue weighted by Gasteiger charge is -1.96. The van der Waals surface area contributed by atoms with Gasteiger partial charge in [0.05, 0.1) is 0 Å². The van der Waals surface area contributed by atoms with Crippen molar-refractivity contribution >= 4 is 0 Å². The van der Waals surface area contributed by atoms with Crippen LogP contribution in [0.2, 0.25) is 0 Å². The van der Waals surface area contributed by atoms with Gasteiger partial charge in [-0.1, -0.05) is 24.3 Å². The molecule has 0 atom stereocenters. The maximum absolute atomic E-state index is 11.9. The molecule has 54 valence electrons. The van der Waals surface area contributed by atoms with E-state index in [1.165, 1.54) is 0 Å². The molecule has 0 aromatic heterocycles. The molecule has 1 aromatic carbocycles. The van der Waals surface area contributed by atoms with Crippen LogP contribution in [0.1, 0.15) is 11.1 Å². The van der Waals surface area contributed by atoms with Crippen molar-refractivity contribution in [1.29, 1.82) is 0 Å². The first-order valence-corrected chi connectivity index (χ1v) is 3.20. The van der Waals surface area contributed by atoms with Gasteiger partial charge in [-0.05, 0) is 11.1 Å². The van der Waals surface area contributed by atoms with Gasteiger partial charge in [-0.25, -0.2) is 4.39 Å². The lowest BCUT2D eigenvalue weighted by atomic mass is 10.1. The van der Waals surface area contributed by atoms with Crippen LogP contribution in [0, 0.1) is 0 Å². The maximum Gasteiger partial charge on any atom is 0.115 e. The highest BCUT2D eigenvalue weighted by Gasteiger charge is 1.90. The Kier molecular flexibility index (Phi) is 2.40. The zero-order valence-electron chi connectivity index (χ0n) is 5.68. The minimum Gasteiger partial charge on any atom is -0.326 e. The zero-order valence-corrected chi connectivity index (χ0v) is 5.68. The molecule has 0 amide bonds. The van der Waals surface area contributed by atoms with Crippen LogP contribution >= 0.6 is 0 Å². The van der Waals surface area contributed by atoms with E-state index in [-0.39, 0.29) is 0 Å². The van der Waals surface area contributed by atoms with E-state index < -0.39 is 6.67 Å². The van der Waals surface area contributed by atoms with E-state index >= 15 is 0 Å². The van der Waals surface area contributed by atoms with Crippen molar-refractivity contribution in [2.75, 3.05) is 0 Å². The molecule has 1 aromatic rings. The largest absolute Gasteiger partial charge is 0.326 e. The monoisotopic (exact) mass is 139 g/mol. The van der Waals surface area contributed by atoms with Gasteiger partial charge in [0.15, 0.2) is 0 Å². The Labute approximate surface area is 59.7 Å². The van der Waals surface area contributed by atoms with Crippen LogP contribution in [-0.2, 0) is 13.2 Å². The standard InChI is InChI=1S/C8H10FN/c9-5-7-1-3-8(6-10)4-2-7/h1-4H,5-6,10H2. The van der Waals surface area contributed by atoms with Crippen LogP contribution in [0.5, 0.6) is 0 Å². The fourth-order valence-corrected chi connectivity index (χ4v) is 0.764. The van der Waals surface area contributed by atoms with Crippen LogP contribution in [0.3, 0.4) is 0 Å². The van der Waals surface area contributed by atoms with Crippen LogP contribution in [0.25, 0.3) is 0 Å². The summed E-state index contributed by atoms with van der Waals surface area (Å²) in [5, 5.41) is 0. The van der Waals surface area contributed by atoms with Gasteiger partial charge in [0, 0.05) is 6.54 Å². The van der Waals surface area contributed by atoms with Gasteiger partial charge >= 0.3 is 0 Å². The molecule has 2 N–H and O–H groups in total. The second-order valence-corrected chi connectivity index (χ2v) is 2.15. The molecule has 0 radical (unpaired) electrons. The maximum atomic E-state index is 11.9. The van der Waals surface area contributed by atoms with Crippen LogP contribution in [0.15, 0.2) is 24.3 Å². The predicted octanol–water partition coefficient (Wildman–Crippen LogP) is 1.61. The molecule has 0 unspecified atom stereocenters. The van der Waals surface area contributed by atoms with E-state index in [0.29, 0.717) is 12.1 Å².